The number of hydrogen-bond acceptors (Lipinski definition) is 4. The van der Waals surface area contributed by atoms with E-state index in [0.717, 1.165) is 16.4 Å². The van der Waals surface area contributed by atoms with E-state index in [-0.39, 0.29) is 38.4 Å². The molecule has 28 heavy (non-hydrogen) atoms. The quantitative estimate of drug-likeness (QED) is 0.765. The molecule has 1 aliphatic heterocycles. The van der Waals surface area contributed by atoms with Crippen molar-refractivity contribution < 1.29 is 22.3 Å². The fourth-order valence-corrected chi connectivity index (χ4v) is 4.68. The summed E-state index contributed by atoms with van der Waals surface area (Å²) in [7, 11) is -4.06. The number of benzene rings is 2. The average molecular weight is 447 g/mol. The van der Waals surface area contributed by atoms with Gasteiger partial charge in [0.15, 0.2) is 0 Å². The van der Waals surface area contributed by atoms with Crippen LogP contribution in [0.25, 0.3) is 0 Å². The lowest BCUT2D eigenvalue weighted by Gasteiger charge is -2.26. The van der Waals surface area contributed by atoms with Crippen LogP contribution in [-0.4, -0.2) is 44.9 Å². The predicted octanol–water partition coefficient (Wildman–Crippen LogP) is 3.08. The van der Waals surface area contributed by atoms with Crippen molar-refractivity contribution in [3.05, 3.63) is 63.4 Å². The predicted molar refractivity (Wildman–Crippen MR) is 104 cm³/mol. The minimum absolute atomic E-state index is 0.0262. The van der Waals surface area contributed by atoms with Crippen molar-refractivity contribution in [2.45, 2.75) is 11.4 Å². The molecule has 1 N–H and O–H groups in total. The van der Waals surface area contributed by atoms with E-state index in [4.69, 9.17) is 27.9 Å². The van der Waals surface area contributed by atoms with Gasteiger partial charge in [-0.15, -0.1) is 0 Å². The van der Waals surface area contributed by atoms with Gasteiger partial charge in [0.2, 0.25) is 10.0 Å². The zero-order valence-corrected chi connectivity index (χ0v) is 17.0. The molecule has 2 aromatic carbocycles. The standard InChI is InChI=1S/C18H17Cl2FN2O4S/c19-14-3-1-13(15(20)10-14)11-22-18(24)12-2-4-16(21)17(9-12)28(25,26)23-5-7-27-8-6-23/h1-4,9-10H,5-8,11H2,(H,22,24). The molecule has 150 valence electrons. The molecule has 3 rings (SSSR count). The third-order valence-corrected chi connectivity index (χ3v) is 6.74. The highest BCUT2D eigenvalue weighted by Crippen LogP contribution is 2.23. The molecule has 0 saturated carbocycles. The van der Waals surface area contributed by atoms with Crippen molar-refractivity contribution >= 4 is 39.1 Å². The van der Waals surface area contributed by atoms with Gasteiger partial charge in [-0.05, 0) is 35.9 Å². The lowest BCUT2D eigenvalue weighted by molar-refractivity contribution is 0.0729. The monoisotopic (exact) mass is 446 g/mol. The molecule has 1 aliphatic rings. The highest BCUT2D eigenvalue weighted by molar-refractivity contribution is 7.89. The van der Waals surface area contributed by atoms with Crippen LogP contribution in [0, 0.1) is 5.82 Å². The van der Waals surface area contributed by atoms with Crippen molar-refractivity contribution in [2.24, 2.45) is 0 Å². The largest absolute Gasteiger partial charge is 0.379 e. The van der Waals surface area contributed by atoms with Crippen molar-refractivity contribution in [1.82, 2.24) is 9.62 Å². The third-order valence-electron chi connectivity index (χ3n) is 4.24. The number of halogens is 3. The van der Waals surface area contributed by atoms with E-state index in [1.807, 2.05) is 0 Å². The maximum atomic E-state index is 14.2. The number of hydrogen-bond donors (Lipinski definition) is 1. The first-order valence-corrected chi connectivity index (χ1v) is 10.6. The molecule has 1 heterocycles. The van der Waals surface area contributed by atoms with E-state index in [2.05, 4.69) is 5.32 Å². The van der Waals surface area contributed by atoms with Gasteiger partial charge in [-0.3, -0.25) is 4.79 Å². The second-order valence-electron chi connectivity index (χ2n) is 6.08. The Morgan fingerprint density at radius 3 is 2.54 bits per heavy atom. The zero-order valence-electron chi connectivity index (χ0n) is 14.6. The Labute approximate surface area is 172 Å². The molecule has 0 unspecified atom stereocenters. The van der Waals surface area contributed by atoms with E-state index in [9.17, 15) is 17.6 Å². The van der Waals surface area contributed by atoms with Crippen molar-refractivity contribution in [1.29, 1.82) is 0 Å². The van der Waals surface area contributed by atoms with Gasteiger partial charge in [-0.25, -0.2) is 12.8 Å². The minimum atomic E-state index is -4.06. The van der Waals surface area contributed by atoms with Crippen LogP contribution >= 0.6 is 23.2 Å². The summed E-state index contributed by atoms with van der Waals surface area (Å²) in [5, 5.41) is 3.50. The summed E-state index contributed by atoms with van der Waals surface area (Å²) in [6, 6.07) is 8.10. The fourth-order valence-electron chi connectivity index (χ4n) is 2.71. The Morgan fingerprint density at radius 1 is 1.14 bits per heavy atom. The smallest absolute Gasteiger partial charge is 0.251 e. The van der Waals surface area contributed by atoms with Gasteiger partial charge in [0.25, 0.3) is 5.91 Å². The normalized spacial score (nSPS) is 15.4. The maximum Gasteiger partial charge on any atom is 0.251 e. The molecule has 1 amide bonds. The summed E-state index contributed by atoms with van der Waals surface area (Å²) in [5.41, 5.74) is 0.668. The van der Waals surface area contributed by atoms with Crippen LogP contribution in [0.4, 0.5) is 4.39 Å². The highest BCUT2D eigenvalue weighted by atomic mass is 35.5. The fraction of sp³-hybridized carbons (Fsp3) is 0.278. The Bertz CT molecular complexity index is 995. The Morgan fingerprint density at radius 2 is 1.86 bits per heavy atom. The summed E-state index contributed by atoms with van der Waals surface area (Å²) < 4.78 is 45.9. The molecule has 1 saturated heterocycles. The number of sulfonamides is 1. The minimum Gasteiger partial charge on any atom is -0.379 e. The van der Waals surface area contributed by atoms with Gasteiger partial charge >= 0.3 is 0 Å². The van der Waals surface area contributed by atoms with Crippen LogP contribution in [0.2, 0.25) is 10.0 Å². The van der Waals surface area contributed by atoms with E-state index in [0.29, 0.717) is 15.6 Å². The lowest BCUT2D eigenvalue weighted by Crippen LogP contribution is -2.41. The second-order valence-corrected chi connectivity index (χ2v) is 8.83. The van der Waals surface area contributed by atoms with Crippen LogP contribution in [0.3, 0.4) is 0 Å². The van der Waals surface area contributed by atoms with Crippen LogP contribution in [0.5, 0.6) is 0 Å². The Kier molecular flexibility index (Phi) is 6.57. The van der Waals surface area contributed by atoms with Crippen molar-refractivity contribution in [3.63, 3.8) is 0 Å². The van der Waals surface area contributed by atoms with E-state index in [1.165, 1.54) is 6.07 Å². The molecule has 0 spiro atoms. The van der Waals surface area contributed by atoms with Gasteiger partial charge in [0.1, 0.15) is 10.7 Å². The van der Waals surface area contributed by atoms with Crippen LogP contribution < -0.4 is 5.32 Å². The topological polar surface area (TPSA) is 75.7 Å². The molecule has 0 aromatic heterocycles. The number of nitrogens with zero attached hydrogens (tertiary/aromatic N) is 1. The average Bonchev–Trinajstić information content (AvgIpc) is 2.68. The first-order valence-electron chi connectivity index (χ1n) is 8.38. The number of morpholine rings is 1. The first-order chi connectivity index (χ1) is 13.3. The molecule has 0 bridgehead atoms. The number of amides is 1. The van der Waals surface area contributed by atoms with E-state index in [1.54, 1.807) is 18.2 Å². The zero-order chi connectivity index (χ0) is 20.3. The van der Waals surface area contributed by atoms with Gasteiger partial charge in [0, 0.05) is 35.2 Å². The third kappa shape index (κ3) is 4.64. The Balaban J connectivity index is 1.79. The molecule has 1 fully saturated rings. The number of carbonyl (C=O) groups excluding carboxylic acids is 1. The van der Waals surface area contributed by atoms with E-state index < -0.39 is 26.6 Å². The lowest BCUT2D eigenvalue weighted by atomic mass is 10.2. The molecule has 2 aromatic rings. The summed E-state index contributed by atoms with van der Waals surface area (Å²) in [6.07, 6.45) is 0. The summed E-state index contributed by atoms with van der Waals surface area (Å²) >= 11 is 11.9. The van der Waals surface area contributed by atoms with Crippen molar-refractivity contribution in [2.75, 3.05) is 26.3 Å². The van der Waals surface area contributed by atoms with Crippen molar-refractivity contribution in [3.8, 4) is 0 Å². The van der Waals surface area contributed by atoms with Gasteiger partial charge in [-0.1, -0.05) is 29.3 Å². The van der Waals surface area contributed by atoms with Gasteiger partial charge in [-0.2, -0.15) is 4.31 Å². The molecule has 0 atom stereocenters. The molecule has 10 heteroatoms. The SMILES string of the molecule is O=C(NCc1ccc(Cl)cc1Cl)c1ccc(F)c(S(=O)(=O)N2CCOCC2)c1. The molecular weight excluding hydrogens is 430 g/mol. The molecule has 0 aliphatic carbocycles. The van der Waals surface area contributed by atoms with Crippen LogP contribution in [0.15, 0.2) is 41.3 Å². The van der Waals surface area contributed by atoms with Gasteiger partial charge in [0.05, 0.1) is 13.2 Å². The van der Waals surface area contributed by atoms with Gasteiger partial charge < -0.3 is 10.1 Å². The van der Waals surface area contributed by atoms with E-state index >= 15 is 0 Å². The molecular formula is C18H17Cl2FN2O4S. The second kappa shape index (κ2) is 8.75. The number of ether oxygens (including phenoxy) is 1. The Hall–Kier alpha value is -1.71. The highest BCUT2D eigenvalue weighted by Gasteiger charge is 2.29. The summed E-state index contributed by atoms with van der Waals surface area (Å²) in [5.74, 6) is -1.46. The van der Waals surface area contributed by atoms with Crippen LogP contribution in [0.1, 0.15) is 15.9 Å². The number of nitrogens with one attached hydrogen (secondary N) is 1. The maximum absolute atomic E-state index is 14.2. The summed E-state index contributed by atoms with van der Waals surface area (Å²) in [6.45, 7) is 0.851. The summed E-state index contributed by atoms with van der Waals surface area (Å²) in [4.78, 5) is 11.9. The number of rotatable bonds is 5. The molecule has 6 nitrogen and oxygen atoms in total. The van der Waals surface area contributed by atoms with Crippen LogP contribution in [-0.2, 0) is 21.3 Å². The number of carbonyl (C=O) groups is 1. The first kappa shape index (κ1) is 21.0. The molecule has 0 radical (unpaired) electrons.